The molecule has 2 unspecified atom stereocenters. The molecule has 0 radical (unpaired) electrons. The third kappa shape index (κ3) is 5.32. The Kier molecular flexibility index (Phi) is 6.17. The summed E-state index contributed by atoms with van der Waals surface area (Å²) in [7, 11) is 0. The van der Waals surface area contributed by atoms with E-state index in [1.165, 1.54) is 24.8 Å². The fourth-order valence-corrected chi connectivity index (χ4v) is 2.24. The summed E-state index contributed by atoms with van der Waals surface area (Å²) in [5.74, 6) is 0.774. The minimum Gasteiger partial charge on any atom is -0.328 e. The summed E-state index contributed by atoms with van der Waals surface area (Å²) in [5.41, 5.74) is 7.56. The first-order chi connectivity index (χ1) is 7.72. The molecule has 1 rings (SSSR count). The molecule has 2 N–H and O–H groups in total. The molecule has 2 atom stereocenters. The van der Waals surface area contributed by atoms with E-state index in [-0.39, 0.29) is 0 Å². The van der Waals surface area contributed by atoms with Crippen molar-refractivity contribution in [3.8, 4) is 0 Å². The standard InChI is InChI=1S/C15H25N/c1-3-7-13(2)12-15(16)11-10-14-8-5-4-6-9-14/h4-6,8-9,13,15H,3,7,10-12,16H2,1-2H3. The summed E-state index contributed by atoms with van der Waals surface area (Å²) in [5, 5.41) is 0. The number of hydrogen-bond donors (Lipinski definition) is 1. The third-order valence-corrected chi connectivity index (χ3v) is 3.13. The van der Waals surface area contributed by atoms with Gasteiger partial charge >= 0.3 is 0 Å². The molecule has 0 heterocycles. The summed E-state index contributed by atoms with van der Waals surface area (Å²) >= 11 is 0. The average Bonchev–Trinajstić information content (AvgIpc) is 2.28. The van der Waals surface area contributed by atoms with Crippen LogP contribution in [0, 0.1) is 5.92 Å². The highest BCUT2D eigenvalue weighted by Crippen LogP contribution is 2.14. The van der Waals surface area contributed by atoms with Crippen molar-refractivity contribution in [2.75, 3.05) is 0 Å². The number of rotatable bonds is 7. The predicted octanol–water partition coefficient (Wildman–Crippen LogP) is 3.77. The zero-order valence-corrected chi connectivity index (χ0v) is 10.7. The molecular formula is C15H25N. The lowest BCUT2D eigenvalue weighted by Gasteiger charge is -2.16. The first kappa shape index (κ1) is 13.2. The lowest BCUT2D eigenvalue weighted by atomic mass is 9.94. The van der Waals surface area contributed by atoms with Crippen molar-refractivity contribution in [1.82, 2.24) is 0 Å². The Morgan fingerprint density at radius 3 is 2.44 bits per heavy atom. The minimum absolute atomic E-state index is 0.363. The molecule has 0 aliphatic heterocycles. The van der Waals surface area contributed by atoms with E-state index in [2.05, 4.69) is 44.2 Å². The Labute approximate surface area is 100 Å². The van der Waals surface area contributed by atoms with Gasteiger partial charge in [0.25, 0.3) is 0 Å². The van der Waals surface area contributed by atoms with Gasteiger partial charge in [-0.15, -0.1) is 0 Å². The highest BCUT2D eigenvalue weighted by Gasteiger charge is 2.08. The van der Waals surface area contributed by atoms with Crippen LogP contribution in [0.25, 0.3) is 0 Å². The topological polar surface area (TPSA) is 26.0 Å². The lowest BCUT2D eigenvalue weighted by Crippen LogP contribution is -2.23. The first-order valence-corrected chi connectivity index (χ1v) is 6.52. The van der Waals surface area contributed by atoms with E-state index in [1.807, 2.05) is 0 Å². The number of hydrogen-bond acceptors (Lipinski definition) is 1. The fourth-order valence-electron chi connectivity index (χ4n) is 2.24. The third-order valence-electron chi connectivity index (χ3n) is 3.13. The van der Waals surface area contributed by atoms with Gasteiger partial charge in [0.1, 0.15) is 0 Å². The van der Waals surface area contributed by atoms with Crippen LogP contribution in [0.5, 0.6) is 0 Å². The van der Waals surface area contributed by atoms with E-state index in [1.54, 1.807) is 0 Å². The fraction of sp³-hybridized carbons (Fsp3) is 0.600. The van der Waals surface area contributed by atoms with Crippen LogP contribution < -0.4 is 5.73 Å². The van der Waals surface area contributed by atoms with E-state index < -0.39 is 0 Å². The van der Waals surface area contributed by atoms with E-state index >= 15 is 0 Å². The van der Waals surface area contributed by atoms with Crippen LogP contribution in [0.3, 0.4) is 0 Å². The Bertz CT molecular complexity index is 268. The monoisotopic (exact) mass is 219 g/mol. The van der Waals surface area contributed by atoms with Gasteiger partial charge in [-0.3, -0.25) is 0 Å². The van der Waals surface area contributed by atoms with Crippen LogP contribution in [0.1, 0.15) is 45.1 Å². The van der Waals surface area contributed by atoms with Crippen molar-refractivity contribution in [2.45, 2.75) is 52.0 Å². The van der Waals surface area contributed by atoms with Crippen molar-refractivity contribution >= 4 is 0 Å². The van der Waals surface area contributed by atoms with Crippen LogP contribution in [0.4, 0.5) is 0 Å². The SMILES string of the molecule is CCCC(C)CC(N)CCc1ccccc1. The molecule has 0 aromatic heterocycles. The lowest BCUT2D eigenvalue weighted by molar-refractivity contribution is 0.420. The maximum Gasteiger partial charge on any atom is 0.00445 e. The summed E-state index contributed by atoms with van der Waals surface area (Å²) in [6.45, 7) is 4.55. The Morgan fingerprint density at radius 2 is 1.81 bits per heavy atom. The van der Waals surface area contributed by atoms with Gasteiger partial charge in [-0.05, 0) is 30.7 Å². The minimum atomic E-state index is 0.363. The van der Waals surface area contributed by atoms with Crippen LogP contribution in [0.15, 0.2) is 30.3 Å². The van der Waals surface area contributed by atoms with Crippen LogP contribution in [-0.2, 0) is 6.42 Å². The van der Waals surface area contributed by atoms with Crippen LogP contribution in [0.2, 0.25) is 0 Å². The van der Waals surface area contributed by atoms with Gasteiger partial charge in [0.05, 0.1) is 0 Å². The molecule has 90 valence electrons. The Balaban J connectivity index is 2.22. The smallest absolute Gasteiger partial charge is 0.00445 e. The van der Waals surface area contributed by atoms with Gasteiger partial charge in [-0.2, -0.15) is 0 Å². The van der Waals surface area contributed by atoms with Crippen molar-refractivity contribution in [1.29, 1.82) is 0 Å². The maximum absolute atomic E-state index is 6.15. The average molecular weight is 219 g/mol. The molecule has 16 heavy (non-hydrogen) atoms. The van der Waals surface area contributed by atoms with Crippen LogP contribution in [-0.4, -0.2) is 6.04 Å². The van der Waals surface area contributed by atoms with E-state index in [4.69, 9.17) is 5.73 Å². The Hall–Kier alpha value is -0.820. The number of benzene rings is 1. The molecule has 1 nitrogen and oxygen atoms in total. The molecule has 1 aromatic rings. The molecule has 0 aliphatic carbocycles. The first-order valence-electron chi connectivity index (χ1n) is 6.52. The summed E-state index contributed by atoms with van der Waals surface area (Å²) in [4.78, 5) is 0. The highest BCUT2D eigenvalue weighted by molar-refractivity contribution is 5.14. The molecular weight excluding hydrogens is 194 g/mol. The van der Waals surface area contributed by atoms with Crippen molar-refractivity contribution in [3.05, 3.63) is 35.9 Å². The van der Waals surface area contributed by atoms with Gasteiger partial charge in [0, 0.05) is 6.04 Å². The highest BCUT2D eigenvalue weighted by atomic mass is 14.6. The zero-order valence-electron chi connectivity index (χ0n) is 10.7. The van der Waals surface area contributed by atoms with E-state index in [9.17, 15) is 0 Å². The Morgan fingerprint density at radius 1 is 1.12 bits per heavy atom. The molecule has 0 amide bonds. The summed E-state index contributed by atoms with van der Waals surface area (Å²) < 4.78 is 0. The maximum atomic E-state index is 6.15. The quantitative estimate of drug-likeness (QED) is 0.742. The van der Waals surface area contributed by atoms with Gasteiger partial charge in [0.15, 0.2) is 0 Å². The molecule has 0 fully saturated rings. The molecule has 0 saturated carbocycles. The van der Waals surface area contributed by atoms with Crippen molar-refractivity contribution in [2.24, 2.45) is 11.7 Å². The molecule has 0 spiro atoms. The second-order valence-corrected chi connectivity index (χ2v) is 4.91. The van der Waals surface area contributed by atoms with E-state index in [0.717, 1.165) is 18.8 Å². The van der Waals surface area contributed by atoms with E-state index in [0.29, 0.717) is 6.04 Å². The van der Waals surface area contributed by atoms with Crippen LogP contribution >= 0.6 is 0 Å². The van der Waals surface area contributed by atoms with Gasteiger partial charge < -0.3 is 5.73 Å². The second kappa shape index (κ2) is 7.45. The summed E-state index contributed by atoms with van der Waals surface area (Å²) in [6.07, 6.45) is 5.96. The van der Waals surface area contributed by atoms with Gasteiger partial charge in [-0.1, -0.05) is 57.0 Å². The normalized spacial score (nSPS) is 14.7. The van der Waals surface area contributed by atoms with Crippen molar-refractivity contribution in [3.63, 3.8) is 0 Å². The van der Waals surface area contributed by atoms with Gasteiger partial charge in [-0.25, -0.2) is 0 Å². The van der Waals surface area contributed by atoms with Gasteiger partial charge in [0.2, 0.25) is 0 Å². The number of aryl methyl sites for hydroxylation is 1. The number of nitrogens with two attached hydrogens (primary N) is 1. The molecule has 0 saturated heterocycles. The molecule has 1 aromatic carbocycles. The predicted molar refractivity (Wildman–Crippen MR) is 71.4 cm³/mol. The van der Waals surface area contributed by atoms with Crippen molar-refractivity contribution < 1.29 is 0 Å². The second-order valence-electron chi connectivity index (χ2n) is 4.91. The summed E-state index contributed by atoms with van der Waals surface area (Å²) in [6, 6.07) is 11.0. The molecule has 0 bridgehead atoms. The largest absolute Gasteiger partial charge is 0.328 e. The zero-order chi connectivity index (χ0) is 11.8. The molecule has 1 heteroatoms. The molecule has 0 aliphatic rings.